The smallest absolute Gasteiger partial charge is 0.0892 e. The zero-order chi connectivity index (χ0) is 10.4. The van der Waals surface area contributed by atoms with Gasteiger partial charge in [0.15, 0.2) is 0 Å². The molecule has 0 fully saturated rings. The Hall–Kier alpha value is -1.44. The van der Waals surface area contributed by atoms with Crippen LogP contribution in [0.3, 0.4) is 0 Å². The molecule has 0 radical (unpaired) electrons. The van der Waals surface area contributed by atoms with E-state index in [9.17, 15) is 0 Å². The van der Waals surface area contributed by atoms with Crippen molar-refractivity contribution in [2.24, 2.45) is 5.92 Å². The fraction of sp³-hybridized carbons (Fsp3) is 0.333. The second-order valence-corrected chi connectivity index (χ2v) is 3.47. The second kappa shape index (κ2) is 5.32. The van der Waals surface area contributed by atoms with Gasteiger partial charge in [0.05, 0.1) is 11.5 Å². The van der Waals surface area contributed by atoms with Crippen molar-refractivity contribution in [2.75, 3.05) is 0 Å². The molecule has 0 spiro atoms. The van der Waals surface area contributed by atoms with Crippen molar-refractivity contribution < 1.29 is 0 Å². The topological polar surface area (TPSA) is 25.8 Å². The summed E-state index contributed by atoms with van der Waals surface area (Å²) in [6.07, 6.45) is 9.88. The largest absolute Gasteiger partial charge is 0.159 e. The van der Waals surface area contributed by atoms with Crippen LogP contribution in [-0.4, -0.2) is 10.2 Å². The van der Waals surface area contributed by atoms with Crippen molar-refractivity contribution in [1.82, 2.24) is 10.2 Å². The van der Waals surface area contributed by atoms with Crippen molar-refractivity contribution in [1.29, 1.82) is 0 Å². The van der Waals surface area contributed by atoms with E-state index in [1.54, 1.807) is 6.20 Å². The monoisotopic (exact) mass is 188 g/mol. The number of nitrogens with zero attached hydrogens (tertiary/aromatic N) is 2. The van der Waals surface area contributed by atoms with Gasteiger partial charge in [-0.05, 0) is 18.9 Å². The van der Waals surface area contributed by atoms with E-state index in [2.05, 4.69) is 30.1 Å². The third-order valence-electron chi connectivity index (χ3n) is 1.74. The van der Waals surface area contributed by atoms with E-state index >= 15 is 0 Å². The van der Waals surface area contributed by atoms with E-state index < -0.39 is 0 Å². The molecule has 2 nitrogen and oxygen atoms in total. The highest BCUT2D eigenvalue weighted by Gasteiger charge is 1.88. The molecular formula is C12H16N2. The van der Waals surface area contributed by atoms with Gasteiger partial charge in [-0.2, -0.15) is 10.2 Å². The van der Waals surface area contributed by atoms with Crippen molar-refractivity contribution in [2.45, 2.75) is 20.8 Å². The van der Waals surface area contributed by atoms with Crippen molar-refractivity contribution in [3.63, 3.8) is 0 Å². The standard InChI is InChI=1S/C12H16N2/c1-4-5-6-11-7-8-13-14-12(11)9-10(2)3/h4-10H,1-3H3/b5-4-,11-6-,12-9+. The summed E-state index contributed by atoms with van der Waals surface area (Å²) in [5.74, 6) is 0.490. The molecule has 0 amide bonds. The summed E-state index contributed by atoms with van der Waals surface area (Å²) in [6.45, 7) is 6.26. The van der Waals surface area contributed by atoms with Crippen LogP contribution in [0.25, 0.3) is 12.2 Å². The molecule has 1 aromatic heterocycles. The first-order valence-corrected chi connectivity index (χ1v) is 4.86. The molecule has 0 aliphatic rings. The second-order valence-electron chi connectivity index (χ2n) is 3.47. The molecule has 0 aromatic carbocycles. The Bertz CT molecular complexity index is 416. The summed E-state index contributed by atoms with van der Waals surface area (Å²) in [4.78, 5) is 0. The third kappa shape index (κ3) is 3.13. The molecule has 1 heterocycles. The molecule has 0 aliphatic carbocycles. The molecule has 0 aliphatic heterocycles. The van der Waals surface area contributed by atoms with Gasteiger partial charge in [-0.3, -0.25) is 0 Å². The highest BCUT2D eigenvalue weighted by Crippen LogP contribution is 1.89. The first-order chi connectivity index (χ1) is 6.74. The summed E-state index contributed by atoms with van der Waals surface area (Å²) in [6, 6.07) is 1.97. The minimum absolute atomic E-state index is 0.490. The SMILES string of the molecule is C\C=C/C=c1/ccnn/c1=C/C(C)C. The first-order valence-electron chi connectivity index (χ1n) is 4.86. The van der Waals surface area contributed by atoms with Crippen LogP contribution < -0.4 is 10.6 Å². The van der Waals surface area contributed by atoms with E-state index in [1.165, 1.54) is 0 Å². The minimum atomic E-state index is 0.490. The van der Waals surface area contributed by atoms with Gasteiger partial charge >= 0.3 is 0 Å². The number of hydrogen-bond donors (Lipinski definition) is 0. The lowest BCUT2D eigenvalue weighted by Gasteiger charge is -1.92. The van der Waals surface area contributed by atoms with Crippen molar-refractivity contribution >= 4 is 12.2 Å². The maximum absolute atomic E-state index is 4.10. The van der Waals surface area contributed by atoms with Gasteiger partial charge in [0.1, 0.15) is 0 Å². The molecule has 74 valence electrons. The summed E-state index contributed by atoms with van der Waals surface area (Å²) in [5, 5.41) is 10.1. The average Bonchev–Trinajstić information content (AvgIpc) is 2.16. The van der Waals surface area contributed by atoms with Crippen molar-refractivity contribution in [3.8, 4) is 0 Å². The molecule has 0 saturated heterocycles. The summed E-state index contributed by atoms with van der Waals surface area (Å²) in [5.41, 5.74) is 0. The molecule has 0 N–H and O–H groups in total. The maximum atomic E-state index is 4.10. The predicted molar refractivity (Wildman–Crippen MR) is 59.9 cm³/mol. The molecule has 0 saturated carbocycles. The number of hydrogen-bond acceptors (Lipinski definition) is 2. The van der Waals surface area contributed by atoms with Crippen LogP contribution in [0.15, 0.2) is 24.4 Å². The Morgan fingerprint density at radius 2 is 2.14 bits per heavy atom. The zero-order valence-electron chi connectivity index (χ0n) is 8.94. The molecule has 0 atom stereocenters. The molecule has 0 unspecified atom stereocenters. The highest BCUT2D eigenvalue weighted by molar-refractivity contribution is 5.37. The Kier molecular flexibility index (Phi) is 4.05. The Balaban J connectivity index is 3.30. The van der Waals surface area contributed by atoms with E-state index in [-0.39, 0.29) is 0 Å². The highest BCUT2D eigenvalue weighted by atomic mass is 15.1. The summed E-state index contributed by atoms with van der Waals surface area (Å²) in [7, 11) is 0. The molecule has 1 rings (SSSR count). The zero-order valence-corrected chi connectivity index (χ0v) is 8.94. The number of aromatic nitrogens is 2. The quantitative estimate of drug-likeness (QED) is 0.698. The van der Waals surface area contributed by atoms with Gasteiger partial charge in [-0.1, -0.05) is 38.2 Å². The van der Waals surface area contributed by atoms with Gasteiger partial charge < -0.3 is 0 Å². The minimum Gasteiger partial charge on any atom is -0.159 e. The third-order valence-corrected chi connectivity index (χ3v) is 1.74. The van der Waals surface area contributed by atoms with E-state index in [4.69, 9.17) is 0 Å². The molecule has 2 heteroatoms. The lowest BCUT2D eigenvalue weighted by molar-refractivity contribution is 0.864. The Morgan fingerprint density at radius 1 is 1.36 bits per heavy atom. The van der Waals surface area contributed by atoms with Gasteiger partial charge in [0.25, 0.3) is 0 Å². The van der Waals surface area contributed by atoms with Gasteiger partial charge in [0.2, 0.25) is 0 Å². The normalized spacial score (nSPS) is 14.6. The molecule has 1 aromatic rings. The Morgan fingerprint density at radius 3 is 2.79 bits per heavy atom. The van der Waals surface area contributed by atoms with Crippen LogP contribution in [0.2, 0.25) is 0 Å². The lowest BCUT2D eigenvalue weighted by atomic mass is 10.2. The van der Waals surface area contributed by atoms with Crippen LogP contribution in [0.1, 0.15) is 20.8 Å². The molecule has 14 heavy (non-hydrogen) atoms. The number of allylic oxidation sites excluding steroid dienone is 2. The van der Waals surface area contributed by atoms with Crippen LogP contribution in [0, 0.1) is 5.92 Å². The van der Waals surface area contributed by atoms with Gasteiger partial charge in [0, 0.05) is 5.22 Å². The fourth-order valence-electron chi connectivity index (χ4n) is 1.14. The lowest BCUT2D eigenvalue weighted by Crippen LogP contribution is -2.29. The average molecular weight is 188 g/mol. The van der Waals surface area contributed by atoms with Crippen LogP contribution in [-0.2, 0) is 0 Å². The number of rotatable bonds is 2. The summed E-state index contributed by atoms with van der Waals surface area (Å²) >= 11 is 0. The summed E-state index contributed by atoms with van der Waals surface area (Å²) < 4.78 is 0. The van der Waals surface area contributed by atoms with Crippen LogP contribution >= 0.6 is 0 Å². The molecule has 0 bridgehead atoms. The van der Waals surface area contributed by atoms with Gasteiger partial charge in [-0.25, -0.2) is 0 Å². The van der Waals surface area contributed by atoms with E-state index in [1.807, 2.05) is 31.2 Å². The maximum Gasteiger partial charge on any atom is 0.0892 e. The van der Waals surface area contributed by atoms with Gasteiger partial charge in [-0.15, -0.1) is 0 Å². The van der Waals surface area contributed by atoms with Crippen LogP contribution in [0.5, 0.6) is 0 Å². The van der Waals surface area contributed by atoms with E-state index in [0.717, 1.165) is 10.6 Å². The van der Waals surface area contributed by atoms with Crippen LogP contribution in [0.4, 0.5) is 0 Å². The predicted octanol–water partition coefficient (Wildman–Crippen LogP) is 1.27. The Labute approximate surface area is 84.7 Å². The molecular weight excluding hydrogens is 172 g/mol. The van der Waals surface area contributed by atoms with Crippen molar-refractivity contribution in [3.05, 3.63) is 35.0 Å². The fourth-order valence-corrected chi connectivity index (χ4v) is 1.14. The first kappa shape index (κ1) is 10.6. The van der Waals surface area contributed by atoms with E-state index in [0.29, 0.717) is 5.92 Å².